The second kappa shape index (κ2) is 11.7. The number of carbonyl (C=O) groups excluding carboxylic acids is 2. The molecule has 0 spiro atoms. The first-order valence-electron chi connectivity index (χ1n) is 13.0. The van der Waals surface area contributed by atoms with Crippen LogP contribution in [0, 0.1) is 5.82 Å². The standard InChI is InChI=1S/C29H37ClFN3O2/c1-34(2)25-15-13-24(14-16-25)32-27(35)26(19-20-5-9-22(30)10-6-20)33-28(36)29(17-3-4-18-29)21-7-11-23(31)12-8-21/h5-12,24-26H,3-4,13-19H2,1-2H3,(H,32,35)(H,33,36)/t24?,25?,26-/m1/s1. The van der Waals surface area contributed by atoms with Gasteiger partial charge in [-0.3, -0.25) is 9.59 Å². The molecular weight excluding hydrogens is 477 g/mol. The molecule has 0 unspecified atom stereocenters. The first-order valence-corrected chi connectivity index (χ1v) is 13.4. The molecular formula is C29H37ClFN3O2. The predicted molar refractivity (Wildman–Crippen MR) is 142 cm³/mol. The number of halogens is 2. The summed E-state index contributed by atoms with van der Waals surface area (Å²) >= 11 is 6.06. The van der Waals surface area contributed by atoms with Crippen LogP contribution in [0.5, 0.6) is 0 Å². The maximum absolute atomic E-state index is 13.8. The van der Waals surface area contributed by atoms with E-state index in [0.717, 1.165) is 49.7 Å². The first-order chi connectivity index (χ1) is 17.3. The molecule has 2 aromatic carbocycles. The molecule has 0 saturated heterocycles. The van der Waals surface area contributed by atoms with Crippen LogP contribution in [0.1, 0.15) is 62.5 Å². The summed E-state index contributed by atoms with van der Waals surface area (Å²) in [6.45, 7) is 0. The van der Waals surface area contributed by atoms with Gasteiger partial charge in [0.2, 0.25) is 11.8 Å². The van der Waals surface area contributed by atoms with E-state index in [4.69, 9.17) is 11.6 Å². The van der Waals surface area contributed by atoms with Gasteiger partial charge in [-0.1, -0.05) is 48.7 Å². The van der Waals surface area contributed by atoms with Gasteiger partial charge in [0, 0.05) is 23.5 Å². The molecule has 2 N–H and O–H groups in total. The lowest BCUT2D eigenvalue weighted by Gasteiger charge is -2.34. The van der Waals surface area contributed by atoms with Crippen molar-refractivity contribution in [3.8, 4) is 0 Å². The number of hydrogen-bond donors (Lipinski definition) is 2. The fraction of sp³-hybridized carbons (Fsp3) is 0.517. The number of nitrogens with one attached hydrogen (secondary N) is 2. The summed E-state index contributed by atoms with van der Waals surface area (Å²) in [7, 11) is 4.20. The zero-order valence-electron chi connectivity index (χ0n) is 21.2. The quantitative estimate of drug-likeness (QED) is 0.521. The fourth-order valence-corrected chi connectivity index (χ4v) is 5.92. The van der Waals surface area contributed by atoms with Crippen molar-refractivity contribution < 1.29 is 14.0 Å². The van der Waals surface area contributed by atoms with E-state index in [9.17, 15) is 14.0 Å². The van der Waals surface area contributed by atoms with Crippen LogP contribution in [0.15, 0.2) is 48.5 Å². The van der Waals surface area contributed by atoms with Gasteiger partial charge in [0.25, 0.3) is 0 Å². The van der Waals surface area contributed by atoms with Crippen LogP contribution in [0.4, 0.5) is 4.39 Å². The SMILES string of the molecule is CN(C)C1CCC(NC(=O)[C@@H](Cc2ccc(Cl)cc2)NC(=O)C2(c3ccc(F)cc3)CCCC2)CC1. The minimum absolute atomic E-state index is 0.107. The Hall–Kier alpha value is -2.44. The Morgan fingerprint density at radius 3 is 2.19 bits per heavy atom. The number of benzene rings is 2. The Morgan fingerprint density at radius 2 is 1.61 bits per heavy atom. The maximum Gasteiger partial charge on any atom is 0.243 e. The molecule has 0 heterocycles. The van der Waals surface area contributed by atoms with Gasteiger partial charge in [-0.2, -0.15) is 0 Å². The largest absolute Gasteiger partial charge is 0.352 e. The molecule has 5 nitrogen and oxygen atoms in total. The zero-order valence-corrected chi connectivity index (χ0v) is 22.0. The summed E-state index contributed by atoms with van der Waals surface area (Å²) in [5, 5.41) is 6.95. The monoisotopic (exact) mass is 513 g/mol. The molecule has 0 aromatic heterocycles. The molecule has 36 heavy (non-hydrogen) atoms. The number of amides is 2. The topological polar surface area (TPSA) is 61.4 Å². The first kappa shape index (κ1) is 26.6. The Kier molecular flexibility index (Phi) is 8.68. The van der Waals surface area contributed by atoms with Crippen molar-refractivity contribution in [2.75, 3.05) is 14.1 Å². The molecule has 2 fully saturated rings. The lowest BCUT2D eigenvalue weighted by Crippen LogP contribution is -2.55. The van der Waals surface area contributed by atoms with Gasteiger partial charge >= 0.3 is 0 Å². The molecule has 0 bridgehead atoms. The third-order valence-electron chi connectivity index (χ3n) is 8.04. The van der Waals surface area contributed by atoms with E-state index in [1.165, 1.54) is 12.1 Å². The molecule has 2 aliphatic carbocycles. The van der Waals surface area contributed by atoms with E-state index in [-0.39, 0.29) is 23.7 Å². The van der Waals surface area contributed by atoms with E-state index < -0.39 is 11.5 Å². The second-order valence-electron chi connectivity index (χ2n) is 10.6. The summed E-state index contributed by atoms with van der Waals surface area (Å²) in [5.74, 6) is -0.632. The van der Waals surface area contributed by atoms with Crippen molar-refractivity contribution in [1.82, 2.24) is 15.5 Å². The zero-order chi connectivity index (χ0) is 25.7. The van der Waals surface area contributed by atoms with E-state index in [2.05, 4.69) is 29.6 Å². The van der Waals surface area contributed by atoms with Crippen molar-refractivity contribution in [3.05, 3.63) is 70.5 Å². The fourth-order valence-electron chi connectivity index (χ4n) is 5.79. The number of carbonyl (C=O) groups is 2. The molecule has 2 aliphatic rings. The highest BCUT2D eigenvalue weighted by Crippen LogP contribution is 2.41. The molecule has 2 saturated carbocycles. The van der Waals surface area contributed by atoms with Gasteiger partial charge in [0.05, 0.1) is 5.41 Å². The molecule has 4 rings (SSSR count). The number of hydrogen-bond acceptors (Lipinski definition) is 3. The maximum atomic E-state index is 13.8. The van der Waals surface area contributed by atoms with Gasteiger partial charge in [-0.05, 0) is 88.0 Å². The summed E-state index contributed by atoms with van der Waals surface area (Å²) in [6, 6.07) is 13.6. The van der Waals surface area contributed by atoms with Crippen LogP contribution in [-0.4, -0.2) is 48.9 Å². The molecule has 2 aromatic rings. The second-order valence-corrected chi connectivity index (χ2v) is 11.1. The molecule has 1 atom stereocenters. The summed E-state index contributed by atoms with van der Waals surface area (Å²) in [4.78, 5) is 29.6. The Balaban J connectivity index is 1.51. The summed E-state index contributed by atoms with van der Waals surface area (Å²) in [5.41, 5.74) is 1.00. The molecule has 194 valence electrons. The normalized spacial score (nSPS) is 22.2. The van der Waals surface area contributed by atoms with Gasteiger partial charge < -0.3 is 15.5 Å². The highest BCUT2D eigenvalue weighted by atomic mass is 35.5. The van der Waals surface area contributed by atoms with Crippen LogP contribution in [0.2, 0.25) is 5.02 Å². The van der Waals surface area contributed by atoms with Crippen LogP contribution < -0.4 is 10.6 Å². The lowest BCUT2D eigenvalue weighted by molar-refractivity contribution is -0.132. The Labute approximate surface area is 218 Å². The molecule has 0 radical (unpaired) electrons. The van der Waals surface area contributed by atoms with Crippen molar-refractivity contribution in [3.63, 3.8) is 0 Å². The third-order valence-corrected chi connectivity index (χ3v) is 8.29. The van der Waals surface area contributed by atoms with Crippen molar-refractivity contribution in [2.45, 2.75) is 81.3 Å². The molecule has 2 amide bonds. The number of nitrogens with zero attached hydrogens (tertiary/aromatic N) is 1. The Bertz CT molecular complexity index is 1030. The van der Waals surface area contributed by atoms with Crippen LogP contribution >= 0.6 is 11.6 Å². The van der Waals surface area contributed by atoms with Gasteiger partial charge in [0.1, 0.15) is 11.9 Å². The smallest absolute Gasteiger partial charge is 0.243 e. The number of rotatable bonds is 8. The average molecular weight is 514 g/mol. The van der Waals surface area contributed by atoms with E-state index in [1.54, 1.807) is 24.3 Å². The van der Waals surface area contributed by atoms with Gasteiger partial charge in [-0.25, -0.2) is 4.39 Å². The van der Waals surface area contributed by atoms with Crippen molar-refractivity contribution in [1.29, 1.82) is 0 Å². The minimum Gasteiger partial charge on any atom is -0.352 e. The minimum atomic E-state index is -0.740. The summed E-state index contributed by atoms with van der Waals surface area (Å²) < 4.78 is 13.6. The van der Waals surface area contributed by atoms with Crippen LogP contribution in [-0.2, 0) is 21.4 Å². The van der Waals surface area contributed by atoms with Crippen molar-refractivity contribution >= 4 is 23.4 Å². The van der Waals surface area contributed by atoms with E-state index in [0.29, 0.717) is 30.3 Å². The average Bonchev–Trinajstić information content (AvgIpc) is 3.37. The summed E-state index contributed by atoms with van der Waals surface area (Å²) in [6.07, 6.45) is 7.54. The van der Waals surface area contributed by atoms with Gasteiger partial charge in [0.15, 0.2) is 0 Å². The molecule has 7 heteroatoms. The third kappa shape index (κ3) is 6.27. The Morgan fingerprint density at radius 1 is 1.00 bits per heavy atom. The van der Waals surface area contributed by atoms with Gasteiger partial charge in [-0.15, -0.1) is 0 Å². The lowest BCUT2D eigenvalue weighted by atomic mass is 9.77. The predicted octanol–water partition coefficient (Wildman–Crippen LogP) is 5.01. The highest BCUT2D eigenvalue weighted by Gasteiger charge is 2.44. The van der Waals surface area contributed by atoms with E-state index >= 15 is 0 Å². The van der Waals surface area contributed by atoms with E-state index in [1.807, 2.05) is 12.1 Å². The van der Waals surface area contributed by atoms with Crippen LogP contribution in [0.25, 0.3) is 0 Å². The van der Waals surface area contributed by atoms with Crippen molar-refractivity contribution in [2.24, 2.45) is 0 Å². The van der Waals surface area contributed by atoms with Crippen LogP contribution in [0.3, 0.4) is 0 Å². The molecule has 0 aliphatic heterocycles. The highest BCUT2D eigenvalue weighted by molar-refractivity contribution is 6.30.